The summed E-state index contributed by atoms with van der Waals surface area (Å²) >= 11 is 0. The maximum atomic E-state index is 13.6. The van der Waals surface area contributed by atoms with E-state index in [2.05, 4.69) is 4.74 Å². The number of fused-ring (bicyclic) bond motifs is 1. The van der Waals surface area contributed by atoms with Crippen molar-refractivity contribution >= 4 is 16.9 Å². The lowest BCUT2D eigenvalue weighted by molar-refractivity contribution is -0.139. The van der Waals surface area contributed by atoms with Gasteiger partial charge in [0.25, 0.3) is 0 Å². The number of hydrogen-bond donors (Lipinski definition) is 0. The number of rotatable bonds is 7. The third kappa shape index (κ3) is 5.81. The average molecular weight is 402 g/mol. The fraction of sp³-hybridized carbons (Fsp3) is 0.348. The third-order valence-corrected chi connectivity index (χ3v) is 4.19. The van der Waals surface area contributed by atoms with Crippen molar-refractivity contribution in [2.24, 2.45) is 0 Å². The Morgan fingerprint density at radius 3 is 2.52 bits per heavy atom. The van der Waals surface area contributed by atoms with Gasteiger partial charge >= 0.3 is 5.97 Å². The van der Waals surface area contributed by atoms with Crippen molar-refractivity contribution in [1.82, 2.24) is 0 Å². The Morgan fingerprint density at radius 2 is 1.83 bits per heavy atom. The summed E-state index contributed by atoms with van der Waals surface area (Å²) < 4.78 is 35.0. The molecule has 0 atom stereocenters. The molecule has 0 saturated heterocycles. The Morgan fingerprint density at radius 1 is 1.07 bits per heavy atom. The number of methoxy groups -OCH3 is 2. The maximum Gasteiger partial charge on any atom is 0.310 e. The Hall–Kier alpha value is -2.86. The van der Waals surface area contributed by atoms with Crippen molar-refractivity contribution in [3.63, 3.8) is 0 Å². The van der Waals surface area contributed by atoms with E-state index in [0.29, 0.717) is 17.9 Å². The van der Waals surface area contributed by atoms with Gasteiger partial charge in [0.15, 0.2) is 0 Å². The quantitative estimate of drug-likeness (QED) is 0.499. The molecule has 0 unspecified atom stereocenters. The molecule has 5 nitrogen and oxygen atoms in total. The lowest BCUT2D eigenvalue weighted by Crippen LogP contribution is -2.07. The Kier molecular flexibility index (Phi) is 8.21. The van der Waals surface area contributed by atoms with Gasteiger partial charge in [-0.25, -0.2) is 4.39 Å². The van der Waals surface area contributed by atoms with Crippen molar-refractivity contribution in [2.75, 3.05) is 14.2 Å². The number of aryl methyl sites for hydroxylation is 1. The highest BCUT2D eigenvalue weighted by Crippen LogP contribution is 2.27. The summed E-state index contributed by atoms with van der Waals surface area (Å²) in [7, 11) is 2.93. The molecule has 1 aromatic heterocycles. The molecule has 0 aliphatic heterocycles. The zero-order valence-electron chi connectivity index (χ0n) is 17.5. The van der Waals surface area contributed by atoms with Gasteiger partial charge in [-0.1, -0.05) is 19.9 Å². The van der Waals surface area contributed by atoms with Crippen molar-refractivity contribution in [3.8, 4) is 5.75 Å². The normalized spacial score (nSPS) is 10.4. The SMILES string of the molecule is CC.COCc1cc2cc(COc3cc(F)ccc3CC(=O)OC)cc(C)c2o1. The van der Waals surface area contributed by atoms with Crippen LogP contribution in [0.1, 0.15) is 36.3 Å². The van der Waals surface area contributed by atoms with Crippen LogP contribution in [-0.2, 0) is 33.9 Å². The maximum absolute atomic E-state index is 13.6. The second-order valence-electron chi connectivity index (χ2n) is 6.27. The first-order valence-corrected chi connectivity index (χ1v) is 9.49. The van der Waals surface area contributed by atoms with Crippen LogP contribution in [0, 0.1) is 12.7 Å². The summed E-state index contributed by atoms with van der Waals surface area (Å²) in [5.74, 6) is 0.238. The van der Waals surface area contributed by atoms with Crippen LogP contribution in [0.4, 0.5) is 4.39 Å². The van der Waals surface area contributed by atoms with Crippen molar-refractivity contribution < 1.29 is 27.8 Å². The number of esters is 1. The minimum atomic E-state index is -0.427. The predicted molar refractivity (Wildman–Crippen MR) is 109 cm³/mol. The third-order valence-electron chi connectivity index (χ3n) is 4.19. The number of carbonyl (C=O) groups excluding carboxylic acids is 1. The van der Waals surface area contributed by atoms with E-state index in [0.717, 1.165) is 27.9 Å². The van der Waals surface area contributed by atoms with E-state index in [-0.39, 0.29) is 13.0 Å². The summed E-state index contributed by atoms with van der Waals surface area (Å²) in [4.78, 5) is 11.5. The number of benzene rings is 2. The molecule has 0 N–H and O–H groups in total. The van der Waals surface area contributed by atoms with Crippen LogP contribution in [-0.4, -0.2) is 20.2 Å². The molecule has 0 fully saturated rings. The number of carbonyl (C=O) groups is 1. The number of furan rings is 1. The molecule has 3 rings (SSSR count). The van der Waals surface area contributed by atoms with Crippen molar-refractivity contribution in [3.05, 3.63) is 64.7 Å². The highest BCUT2D eigenvalue weighted by Gasteiger charge is 2.12. The van der Waals surface area contributed by atoms with E-state index in [9.17, 15) is 9.18 Å². The van der Waals surface area contributed by atoms with E-state index in [1.54, 1.807) is 7.11 Å². The van der Waals surface area contributed by atoms with Gasteiger partial charge in [0.05, 0.1) is 13.5 Å². The summed E-state index contributed by atoms with van der Waals surface area (Å²) in [6, 6.07) is 9.96. The van der Waals surface area contributed by atoms with Gasteiger partial charge in [-0.3, -0.25) is 4.79 Å². The van der Waals surface area contributed by atoms with E-state index < -0.39 is 11.8 Å². The second kappa shape index (κ2) is 10.6. The fourth-order valence-electron chi connectivity index (χ4n) is 2.95. The molecule has 0 aliphatic carbocycles. The fourth-order valence-corrected chi connectivity index (χ4v) is 2.95. The lowest BCUT2D eigenvalue weighted by Gasteiger charge is -2.12. The number of ether oxygens (including phenoxy) is 3. The minimum absolute atomic E-state index is 0.0201. The van der Waals surface area contributed by atoms with Crippen molar-refractivity contribution in [1.29, 1.82) is 0 Å². The molecule has 29 heavy (non-hydrogen) atoms. The molecule has 1 heterocycles. The van der Waals surface area contributed by atoms with Gasteiger partial charge in [0.2, 0.25) is 0 Å². The Labute approximate surface area is 170 Å². The monoisotopic (exact) mass is 402 g/mol. The van der Waals surface area contributed by atoms with Crippen molar-refractivity contribution in [2.45, 2.75) is 40.4 Å². The molecule has 0 radical (unpaired) electrons. The molecule has 6 heteroatoms. The largest absolute Gasteiger partial charge is 0.488 e. The summed E-state index contributed by atoms with van der Waals surface area (Å²) in [6.07, 6.45) is 0.0201. The molecule has 0 spiro atoms. The molecule has 0 aliphatic rings. The van der Waals surface area contributed by atoms with Gasteiger partial charge < -0.3 is 18.6 Å². The van der Waals surface area contributed by atoms with Gasteiger partial charge in [0, 0.05) is 24.1 Å². The van der Waals surface area contributed by atoms with E-state index >= 15 is 0 Å². The van der Waals surface area contributed by atoms with E-state index in [1.165, 1.54) is 25.3 Å². The molecule has 0 saturated carbocycles. The zero-order valence-corrected chi connectivity index (χ0v) is 17.5. The van der Waals surface area contributed by atoms with Crippen LogP contribution in [0.15, 0.2) is 40.8 Å². The predicted octanol–water partition coefficient (Wildman–Crippen LogP) is 5.35. The molecule has 3 aromatic rings. The minimum Gasteiger partial charge on any atom is -0.488 e. The molecule has 2 aromatic carbocycles. The molecular formula is C23H27FO5. The smallest absolute Gasteiger partial charge is 0.310 e. The first-order chi connectivity index (χ1) is 14.0. The topological polar surface area (TPSA) is 57.9 Å². The second-order valence-corrected chi connectivity index (χ2v) is 6.27. The van der Waals surface area contributed by atoms with Gasteiger partial charge in [-0.2, -0.15) is 0 Å². The van der Waals surface area contributed by atoms with Gasteiger partial charge in [-0.05, 0) is 42.3 Å². The van der Waals surface area contributed by atoms with Crippen LogP contribution in [0.2, 0.25) is 0 Å². The van der Waals surface area contributed by atoms with Gasteiger partial charge in [0.1, 0.15) is 36.1 Å². The highest BCUT2D eigenvalue weighted by atomic mass is 19.1. The summed E-state index contributed by atoms with van der Waals surface area (Å²) in [6.45, 7) is 6.59. The van der Waals surface area contributed by atoms with E-state index in [4.69, 9.17) is 13.9 Å². The Bertz CT molecular complexity index is 961. The first kappa shape index (κ1) is 22.4. The molecule has 0 bridgehead atoms. The first-order valence-electron chi connectivity index (χ1n) is 9.49. The van der Waals surface area contributed by atoms with Crippen LogP contribution in [0.5, 0.6) is 5.75 Å². The summed E-state index contributed by atoms with van der Waals surface area (Å²) in [5, 5.41) is 0.953. The van der Waals surface area contributed by atoms with E-state index in [1.807, 2.05) is 39.0 Å². The van der Waals surface area contributed by atoms with Crippen LogP contribution < -0.4 is 4.74 Å². The standard InChI is InChI=1S/C21H21FO5.C2H6/c1-13-6-14(7-16-8-18(12-24-2)27-21(13)16)11-26-19-10-17(22)5-4-15(19)9-20(23)25-3;1-2/h4-8,10H,9,11-12H2,1-3H3;1-2H3. The van der Waals surface area contributed by atoms with Crippen LogP contribution in [0.3, 0.4) is 0 Å². The van der Waals surface area contributed by atoms with Crippen LogP contribution in [0.25, 0.3) is 11.0 Å². The Balaban J connectivity index is 0.00000145. The highest BCUT2D eigenvalue weighted by molar-refractivity contribution is 5.82. The van der Waals surface area contributed by atoms with Crippen LogP contribution >= 0.6 is 0 Å². The molecule has 0 amide bonds. The number of halogens is 1. The zero-order chi connectivity index (χ0) is 21.4. The van der Waals surface area contributed by atoms with Gasteiger partial charge in [-0.15, -0.1) is 0 Å². The summed E-state index contributed by atoms with van der Waals surface area (Å²) in [5.41, 5.74) is 3.27. The molecule has 156 valence electrons. The number of hydrogen-bond acceptors (Lipinski definition) is 5. The average Bonchev–Trinajstić information content (AvgIpc) is 3.13. The molecular weight excluding hydrogens is 375 g/mol. The lowest BCUT2D eigenvalue weighted by atomic mass is 10.1.